The topological polar surface area (TPSA) is 55.6 Å². The van der Waals surface area contributed by atoms with Gasteiger partial charge in [-0.25, -0.2) is 0 Å². The number of rotatable bonds is 4. The van der Waals surface area contributed by atoms with Crippen LogP contribution >= 0.6 is 27.5 Å². The quantitative estimate of drug-likeness (QED) is 0.909. The lowest BCUT2D eigenvalue weighted by molar-refractivity contribution is -0.129. The Hall–Kier alpha value is -0.620. The van der Waals surface area contributed by atoms with E-state index in [1.807, 2.05) is 18.2 Å². The van der Waals surface area contributed by atoms with Crippen molar-refractivity contribution >= 4 is 33.4 Å². The number of likely N-dealkylation sites (tertiary alicyclic amines) is 1. The van der Waals surface area contributed by atoms with E-state index in [9.17, 15) is 4.79 Å². The smallest absolute Gasteiger partial charge is 0.224 e. The molecule has 0 spiro atoms. The van der Waals surface area contributed by atoms with Crippen LogP contribution < -0.4 is 5.73 Å². The van der Waals surface area contributed by atoms with Gasteiger partial charge in [0.2, 0.25) is 5.91 Å². The van der Waals surface area contributed by atoms with Gasteiger partial charge in [-0.2, -0.15) is 0 Å². The van der Waals surface area contributed by atoms with Crippen LogP contribution in [0.3, 0.4) is 0 Å². The van der Waals surface area contributed by atoms with E-state index in [0.717, 1.165) is 10.0 Å². The number of benzene rings is 1. The van der Waals surface area contributed by atoms with E-state index in [0.29, 0.717) is 24.6 Å². The van der Waals surface area contributed by atoms with Crippen molar-refractivity contribution in [2.45, 2.75) is 18.5 Å². The number of carbonyl (C=O) groups excluding carboxylic acids is 1. The lowest BCUT2D eigenvalue weighted by Crippen LogP contribution is -2.35. The Bertz CT molecular complexity index is 484. The highest BCUT2D eigenvalue weighted by molar-refractivity contribution is 9.10. The summed E-state index contributed by atoms with van der Waals surface area (Å²) in [5.41, 5.74) is 7.10. The molecule has 2 unspecified atom stereocenters. The minimum atomic E-state index is -0.207. The lowest BCUT2D eigenvalue weighted by Gasteiger charge is -2.28. The molecule has 1 aromatic carbocycles. The number of halogens is 2. The largest absolute Gasteiger partial charge is 0.383 e. The fourth-order valence-corrected chi connectivity index (χ4v) is 3.33. The van der Waals surface area contributed by atoms with Gasteiger partial charge in [0.05, 0.1) is 12.6 Å². The minimum Gasteiger partial charge on any atom is -0.383 e. The molecule has 19 heavy (non-hydrogen) atoms. The van der Waals surface area contributed by atoms with Crippen LogP contribution in [0.15, 0.2) is 22.7 Å². The fourth-order valence-electron chi connectivity index (χ4n) is 2.41. The molecule has 0 aromatic heterocycles. The zero-order chi connectivity index (χ0) is 14.0. The van der Waals surface area contributed by atoms with Gasteiger partial charge in [-0.3, -0.25) is 4.79 Å². The van der Waals surface area contributed by atoms with Gasteiger partial charge in [0, 0.05) is 35.6 Å². The fraction of sp³-hybridized carbons (Fsp3) is 0.462. The van der Waals surface area contributed by atoms with Crippen LogP contribution in [0.2, 0.25) is 5.02 Å². The van der Waals surface area contributed by atoms with Gasteiger partial charge >= 0.3 is 0 Å². The lowest BCUT2D eigenvalue weighted by atomic mass is 10.0. The third-order valence-corrected chi connectivity index (χ3v) is 4.21. The van der Waals surface area contributed by atoms with E-state index in [2.05, 4.69) is 15.9 Å². The van der Waals surface area contributed by atoms with Crippen molar-refractivity contribution < 1.29 is 9.53 Å². The number of nitrogens with two attached hydrogens (primary N) is 1. The molecule has 1 aliphatic heterocycles. The summed E-state index contributed by atoms with van der Waals surface area (Å²) in [6, 6.07) is 5.21. The summed E-state index contributed by atoms with van der Waals surface area (Å²) in [4.78, 5) is 13.8. The van der Waals surface area contributed by atoms with Gasteiger partial charge in [0.25, 0.3) is 0 Å². The molecule has 1 heterocycles. The van der Waals surface area contributed by atoms with Crippen molar-refractivity contribution in [3.8, 4) is 0 Å². The number of ether oxygens (including phenoxy) is 1. The average molecular weight is 348 g/mol. The molecule has 1 amide bonds. The second kappa shape index (κ2) is 6.22. The van der Waals surface area contributed by atoms with E-state index >= 15 is 0 Å². The Morgan fingerprint density at radius 1 is 1.58 bits per heavy atom. The molecular weight excluding hydrogens is 332 g/mol. The highest BCUT2D eigenvalue weighted by Crippen LogP contribution is 2.36. The molecule has 0 radical (unpaired) electrons. The molecule has 2 rings (SSSR count). The second-order valence-corrected chi connectivity index (χ2v) is 5.85. The highest BCUT2D eigenvalue weighted by atomic mass is 79.9. The van der Waals surface area contributed by atoms with E-state index in [4.69, 9.17) is 22.1 Å². The summed E-state index contributed by atoms with van der Waals surface area (Å²) in [5.74, 6) is 0.0661. The molecule has 2 atom stereocenters. The standard InChI is InChI=1S/C13H16BrClN2O2/c1-19-5-4-17-12(18)7-11(16)13(17)9-3-2-8(15)6-10(9)14/h2-3,6,11,13H,4-5,7,16H2,1H3. The molecule has 2 N–H and O–H groups in total. The monoisotopic (exact) mass is 346 g/mol. The van der Waals surface area contributed by atoms with Crippen LogP contribution in [0.5, 0.6) is 0 Å². The molecule has 104 valence electrons. The summed E-state index contributed by atoms with van der Waals surface area (Å²) in [6.07, 6.45) is 0.365. The van der Waals surface area contributed by atoms with E-state index in [-0.39, 0.29) is 18.0 Å². The number of nitrogens with zero attached hydrogens (tertiary/aromatic N) is 1. The van der Waals surface area contributed by atoms with E-state index in [1.165, 1.54) is 0 Å². The first-order valence-corrected chi connectivity index (χ1v) is 7.20. The van der Waals surface area contributed by atoms with Crippen LogP contribution in [0.25, 0.3) is 0 Å². The van der Waals surface area contributed by atoms with Crippen molar-refractivity contribution in [1.29, 1.82) is 0 Å². The Labute approximate surface area is 126 Å². The zero-order valence-corrected chi connectivity index (χ0v) is 12.9. The number of carbonyl (C=O) groups is 1. The first kappa shape index (κ1) is 14.8. The summed E-state index contributed by atoms with van der Waals surface area (Å²) < 4.78 is 5.93. The summed E-state index contributed by atoms with van der Waals surface area (Å²) in [5, 5.41) is 0.650. The van der Waals surface area contributed by atoms with E-state index < -0.39 is 0 Å². The second-order valence-electron chi connectivity index (χ2n) is 4.56. The maximum atomic E-state index is 12.0. The molecule has 1 fully saturated rings. The summed E-state index contributed by atoms with van der Waals surface area (Å²) in [7, 11) is 1.62. The summed E-state index contributed by atoms with van der Waals surface area (Å²) in [6.45, 7) is 1.04. The van der Waals surface area contributed by atoms with Gasteiger partial charge in [-0.15, -0.1) is 0 Å². The Balaban J connectivity index is 2.31. The molecular formula is C13H16BrClN2O2. The highest BCUT2D eigenvalue weighted by Gasteiger charge is 2.39. The number of amides is 1. The number of hydrogen-bond acceptors (Lipinski definition) is 3. The van der Waals surface area contributed by atoms with Gasteiger partial charge < -0.3 is 15.4 Å². The Morgan fingerprint density at radius 3 is 2.95 bits per heavy atom. The van der Waals surface area contributed by atoms with Gasteiger partial charge in [-0.05, 0) is 17.7 Å². The van der Waals surface area contributed by atoms with Crippen LogP contribution in [0.4, 0.5) is 0 Å². The average Bonchev–Trinajstić information content (AvgIpc) is 2.62. The Kier molecular flexibility index (Phi) is 4.84. The van der Waals surface area contributed by atoms with Crippen molar-refractivity contribution in [2.24, 2.45) is 5.73 Å². The molecule has 0 aliphatic carbocycles. The van der Waals surface area contributed by atoms with Gasteiger partial charge in [0.1, 0.15) is 0 Å². The molecule has 0 bridgehead atoms. The predicted molar refractivity (Wildman–Crippen MR) is 78.1 cm³/mol. The minimum absolute atomic E-state index is 0.0661. The van der Waals surface area contributed by atoms with Crippen LogP contribution in [0.1, 0.15) is 18.0 Å². The first-order chi connectivity index (χ1) is 9.04. The van der Waals surface area contributed by atoms with E-state index in [1.54, 1.807) is 12.0 Å². The van der Waals surface area contributed by atoms with Crippen molar-refractivity contribution in [3.05, 3.63) is 33.3 Å². The molecule has 4 nitrogen and oxygen atoms in total. The van der Waals surface area contributed by atoms with Gasteiger partial charge in [0.15, 0.2) is 0 Å². The Morgan fingerprint density at radius 2 is 2.32 bits per heavy atom. The van der Waals surface area contributed by atoms with Crippen molar-refractivity contribution in [1.82, 2.24) is 4.90 Å². The molecule has 6 heteroatoms. The number of hydrogen-bond donors (Lipinski definition) is 1. The summed E-state index contributed by atoms with van der Waals surface area (Å²) >= 11 is 9.44. The van der Waals surface area contributed by atoms with Crippen LogP contribution in [-0.4, -0.2) is 37.1 Å². The molecule has 1 aromatic rings. The first-order valence-electron chi connectivity index (χ1n) is 6.03. The number of methoxy groups -OCH3 is 1. The third-order valence-electron chi connectivity index (χ3n) is 3.29. The van der Waals surface area contributed by atoms with Crippen LogP contribution in [0, 0.1) is 0 Å². The molecule has 1 aliphatic rings. The van der Waals surface area contributed by atoms with Gasteiger partial charge in [-0.1, -0.05) is 33.6 Å². The maximum absolute atomic E-state index is 12.0. The maximum Gasteiger partial charge on any atom is 0.224 e. The van der Waals surface area contributed by atoms with Crippen molar-refractivity contribution in [3.63, 3.8) is 0 Å². The molecule has 0 saturated carbocycles. The van der Waals surface area contributed by atoms with Crippen LogP contribution in [-0.2, 0) is 9.53 Å². The van der Waals surface area contributed by atoms with Crippen molar-refractivity contribution in [2.75, 3.05) is 20.3 Å². The molecule has 1 saturated heterocycles. The zero-order valence-electron chi connectivity index (χ0n) is 10.6. The third kappa shape index (κ3) is 3.11. The normalized spacial score (nSPS) is 23.2. The predicted octanol–water partition coefficient (Wildman–Crippen LogP) is 2.35. The SMILES string of the molecule is COCCN1C(=O)CC(N)C1c1ccc(Cl)cc1Br.